The average Bonchev–Trinajstić information content (AvgIpc) is 2.46. The Morgan fingerprint density at radius 2 is 2.05 bits per heavy atom. The molecule has 0 spiro atoms. The van der Waals surface area contributed by atoms with Crippen molar-refractivity contribution >= 4 is 33.2 Å². The Labute approximate surface area is 130 Å². The lowest BCUT2D eigenvalue weighted by Gasteiger charge is -2.10. The normalized spacial score (nSPS) is 10.0. The molecular formula is C15H14BrFN2O2. The van der Waals surface area contributed by atoms with Gasteiger partial charge in [0.25, 0.3) is 0 Å². The van der Waals surface area contributed by atoms with Gasteiger partial charge < -0.3 is 15.4 Å². The molecule has 2 rings (SSSR count). The third-order valence-corrected chi connectivity index (χ3v) is 3.37. The second kappa shape index (κ2) is 7.08. The molecule has 2 aromatic carbocycles. The highest BCUT2D eigenvalue weighted by Crippen LogP contribution is 2.27. The van der Waals surface area contributed by atoms with Crippen LogP contribution in [0.4, 0.5) is 15.8 Å². The molecule has 110 valence electrons. The number of ether oxygens (including phenoxy) is 1. The molecule has 0 aliphatic heterocycles. The van der Waals surface area contributed by atoms with E-state index >= 15 is 0 Å². The molecule has 0 radical (unpaired) electrons. The average molecular weight is 353 g/mol. The van der Waals surface area contributed by atoms with Gasteiger partial charge in [0.05, 0.1) is 18.1 Å². The van der Waals surface area contributed by atoms with Gasteiger partial charge in [-0.25, -0.2) is 4.39 Å². The van der Waals surface area contributed by atoms with Crippen LogP contribution in [0, 0.1) is 5.82 Å². The SMILES string of the molecule is COc1cc(NCC(=O)Nc2cccc(F)c2)ccc1Br. The summed E-state index contributed by atoms with van der Waals surface area (Å²) in [6, 6.07) is 11.2. The predicted octanol–water partition coefficient (Wildman–Crippen LogP) is 3.65. The first kappa shape index (κ1) is 15.3. The lowest BCUT2D eigenvalue weighted by molar-refractivity contribution is -0.114. The Morgan fingerprint density at radius 3 is 2.76 bits per heavy atom. The van der Waals surface area contributed by atoms with Crippen molar-refractivity contribution in [2.75, 3.05) is 24.3 Å². The van der Waals surface area contributed by atoms with Gasteiger partial charge in [-0.15, -0.1) is 0 Å². The molecule has 2 N–H and O–H groups in total. The Balaban J connectivity index is 1.92. The molecule has 0 unspecified atom stereocenters. The highest BCUT2D eigenvalue weighted by molar-refractivity contribution is 9.10. The molecule has 6 heteroatoms. The molecule has 2 aromatic rings. The maximum Gasteiger partial charge on any atom is 0.243 e. The fraction of sp³-hybridized carbons (Fsp3) is 0.133. The van der Waals surface area contributed by atoms with Crippen LogP contribution in [-0.2, 0) is 4.79 Å². The van der Waals surface area contributed by atoms with Crippen LogP contribution in [0.2, 0.25) is 0 Å². The Bertz CT molecular complexity index is 649. The van der Waals surface area contributed by atoms with E-state index in [1.54, 1.807) is 19.2 Å². The third-order valence-electron chi connectivity index (χ3n) is 2.71. The van der Waals surface area contributed by atoms with Crippen LogP contribution in [0.25, 0.3) is 0 Å². The summed E-state index contributed by atoms with van der Waals surface area (Å²) >= 11 is 3.35. The molecule has 0 heterocycles. The highest BCUT2D eigenvalue weighted by atomic mass is 79.9. The van der Waals surface area contributed by atoms with E-state index < -0.39 is 5.82 Å². The van der Waals surface area contributed by atoms with Crippen molar-refractivity contribution in [2.45, 2.75) is 0 Å². The predicted molar refractivity (Wildman–Crippen MR) is 84.2 cm³/mol. The molecule has 0 saturated heterocycles. The molecule has 0 atom stereocenters. The van der Waals surface area contributed by atoms with Gasteiger partial charge in [0, 0.05) is 17.4 Å². The second-order valence-corrected chi connectivity index (χ2v) is 5.12. The molecule has 0 aliphatic rings. The number of anilines is 2. The number of benzene rings is 2. The van der Waals surface area contributed by atoms with Crippen molar-refractivity contribution in [1.82, 2.24) is 0 Å². The van der Waals surface area contributed by atoms with E-state index in [4.69, 9.17) is 4.74 Å². The second-order valence-electron chi connectivity index (χ2n) is 4.26. The minimum atomic E-state index is -0.390. The fourth-order valence-electron chi connectivity index (χ4n) is 1.72. The summed E-state index contributed by atoms with van der Waals surface area (Å²) in [6.45, 7) is 0.0707. The maximum absolute atomic E-state index is 13.0. The summed E-state index contributed by atoms with van der Waals surface area (Å²) in [6.07, 6.45) is 0. The van der Waals surface area contributed by atoms with Crippen LogP contribution in [0.15, 0.2) is 46.9 Å². The first-order valence-corrected chi connectivity index (χ1v) is 7.00. The van der Waals surface area contributed by atoms with Crippen LogP contribution >= 0.6 is 15.9 Å². The van der Waals surface area contributed by atoms with E-state index in [9.17, 15) is 9.18 Å². The van der Waals surface area contributed by atoms with Crippen LogP contribution in [0.3, 0.4) is 0 Å². The first-order chi connectivity index (χ1) is 10.1. The number of carbonyl (C=O) groups is 1. The zero-order valence-electron chi connectivity index (χ0n) is 11.3. The number of amides is 1. The molecular weight excluding hydrogens is 339 g/mol. The van der Waals surface area contributed by atoms with E-state index in [1.165, 1.54) is 18.2 Å². The molecule has 0 saturated carbocycles. The Kier molecular flexibility index (Phi) is 5.16. The van der Waals surface area contributed by atoms with Crippen LogP contribution < -0.4 is 15.4 Å². The summed E-state index contributed by atoms with van der Waals surface area (Å²) in [7, 11) is 1.57. The quantitative estimate of drug-likeness (QED) is 0.863. The maximum atomic E-state index is 13.0. The van der Waals surface area contributed by atoms with Gasteiger partial charge in [0.1, 0.15) is 11.6 Å². The van der Waals surface area contributed by atoms with Gasteiger partial charge >= 0.3 is 0 Å². The van der Waals surface area contributed by atoms with E-state index in [-0.39, 0.29) is 12.5 Å². The lowest BCUT2D eigenvalue weighted by atomic mass is 10.3. The number of rotatable bonds is 5. The number of hydrogen-bond donors (Lipinski definition) is 2. The van der Waals surface area contributed by atoms with Crippen LogP contribution in [0.5, 0.6) is 5.75 Å². The van der Waals surface area contributed by atoms with Crippen LogP contribution in [0.1, 0.15) is 0 Å². The number of methoxy groups -OCH3 is 1. The fourth-order valence-corrected chi connectivity index (χ4v) is 2.13. The van der Waals surface area contributed by atoms with Gasteiger partial charge in [0.15, 0.2) is 0 Å². The zero-order chi connectivity index (χ0) is 15.2. The van der Waals surface area contributed by atoms with Crippen molar-refractivity contribution in [3.63, 3.8) is 0 Å². The van der Waals surface area contributed by atoms with Crippen molar-refractivity contribution in [2.24, 2.45) is 0 Å². The summed E-state index contributed by atoms with van der Waals surface area (Å²) in [4.78, 5) is 11.8. The highest BCUT2D eigenvalue weighted by Gasteiger charge is 2.05. The largest absolute Gasteiger partial charge is 0.495 e. The summed E-state index contributed by atoms with van der Waals surface area (Å²) in [5.74, 6) is 0.0198. The van der Waals surface area contributed by atoms with E-state index in [0.717, 1.165) is 10.2 Å². The van der Waals surface area contributed by atoms with Crippen LogP contribution in [-0.4, -0.2) is 19.6 Å². The topological polar surface area (TPSA) is 50.4 Å². The van der Waals surface area contributed by atoms with Crippen molar-refractivity contribution in [3.05, 3.63) is 52.8 Å². The lowest BCUT2D eigenvalue weighted by Crippen LogP contribution is -2.21. The minimum absolute atomic E-state index is 0.0707. The standard InChI is InChI=1S/C15H14BrFN2O2/c1-21-14-8-11(5-6-13(14)16)18-9-15(20)19-12-4-2-3-10(17)7-12/h2-8,18H,9H2,1H3,(H,19,20). The summed E-state index contributed by atoms with van der Waals surface area (Å²) in [5, 5.41) is 5.59. The molecule has 0 fully saturated rings. The van der Waals surface area contributed by atoms with E-state index in [1.807, 2.05) is 12.1 Å². The summed E-state index contributed by atoms with van der Waals surface area (Å²) < 4.78 is 19.0. The Hall–Kier alpha value is -2.08. The zero-order valence-corrected chi connectivity index (χ0v) is 12.9. The smallest absolute Gasteiger partial charge is 0.243 e. The minimum Gasteiger partial charge on any atom is -0.495 e. The van der Waals surface area contributed by atoms with Gasteiger partial charge in [-0.2, -0.15) is 0 Å². The van der Waals surface area contributed by atoms with Gasteiger partial charge in [-0.3, -0.25) is 4.79 Å². The van der Waals surface area contributed by atoms with Gasteiger partial charge in [-0.1, -0.05) is 6.07 Å². The summed E-state index contributed by atoms with van der Waals surface area (Å²) in [5.41, 5.74) is 1.18. The molecule has 1 amide bonds. The van der Waals surface area contributed by atoms with Gasteiger partial charge in [0.2, 0.25) is 5.91 Å². The monoisotopic (exact) mass is 352 g/mol. The van der Waals surface area contributed by atoms with E-state index in [2.05, 4.69) is 26.6 Å². The van der Waals surface area contributed by atoms with Crippen molar-refractivity contribution < 1.29 is 13.9 Å². The molecule has 0 bridgehead atoms. The molecule has 0 aliphatic carbocycles. The number of nitrogens with one attached hydrogen (secondary N) is 2. The molecule has 21 heavy (non-hydrogen) atoms. The first-order valence-electron chi connectivity index (χ1n) is 6.21. The Morgan fingerprint density at radius 1 is 1.24 bits per heavy atom. The molecule has 4 nitrogen and oxygen atoms in total. The molecule has 0 aromatic heterocycles. The number of halogens is 2. The van der Waals surface area contributed by atoms with Gasteiger partial charge in [-0.05, 0) is 46.3 Å². The third kappa shape index (κ3) is 4.46. The number of carbonyl (C=O) groups excluding carboxylic acids is 1. The van der Waals surface area contributed by atoms with Crippen molar-refractivity contribution in [3.8, 4) is 5.75 Å². The number of hydrogen-bond acceptors (Lipinski definition) is 3. The van der Waals surface area contributed by atoms with E-state index in [0.29, 0.717) is 11.4 Å². The van der Waals surface area contributed by atoms with Crippen molar-refractivity contribution in [1.29, 1.82) is 0 Å².